The van der Waals surface area contributed by atoms with Crippen LogP contribution in [0, 0.1) is 0 Å². The molecule has 6 N–H and O–H groups in total. The van der Waals surface area contributed by atoms with Gasteiger partial charge < -0.3 is 40.1 Å². The van der Waals surface area contributed by atoms with Gasteiger partial charge in [0.15, 0.2) is 11.6 Å². The summed E-state index contributed by atoms with van der Waals surface area (Å²) in [5.41, 5.74) is 0.302. The molecule has 0 aliphatic carbocycles. The number of fused-ring (bicyclic) bond motifs is 2. The van der Waals surface area contributed by atoms with Crippen molar-refractivity contribution < 1.29 is 49.7 Å². The highest BCUT2D eigenvalue weighted by Crippen LogP contribution is 2.55. The van der Waals surface area contributed by atoms with Gasteiger partial charge in [-0.1, -0.05) is 24.3 Å². The molecule has 0 spiro atoms. The monoisotopic (exact) mass is 542 g/mol. The summed E-state index contributed by atoms with van der Waals surface area (Å²) >= 11 is 0. The van der Waals surface area contributed by atoms with Gasteiger partial charge in [0.1, 0.15) is 69.3 Å². The number of benzene rings is 4. The Bertz CT molecular complexity index is 1670. The van der Waals surface area contributed by atoms with Crippen LogP contribution < -0.4 is 9.47 Å². The molecule has 4 aromatic carbocycles. The Morgan fingerprint density at radius 1 is 0.625 bits per heavy atom. The molecular weight excluding hydrogens is 520 g/mol. The average Bonchev–Trinajstić information content (AvgIpc) is 2.89. The minimum Gasteiger partial charge on any atom is -0.508 e. The predicted molar refractivity (Wildman–Crippen MR) is 139 cm³/mol. The van der Waals surface area contributed by atoms with E-state index in [1.54, 1.807) is 12.1 Å². The van der Waals surface area contributed by atoms with Gasteiger partial charge in [-0.25, -0.2) is 0 Å². The van der Waals surface area contributed by atoms with E-state index >= 15 is 0 Å². The first-order valence-electron chi connectivity index (χ1n) is 12.3. The van der Waals surface area contributed by atoms with E-state index < -0.39 is 46.9 Å². The van der Waals surface area contributed by atoms with Gasteiger partial charge in [0.2, 0.25) is 0 Å². The van der Waals surface area contributed by atoms with Crippen LogP contribution in [0.4, 0.5) is 0 Å². The van der Waals surface area contributed by atoms with Crippen LogP contribution in [0.25, 0.3) is 0 Å². The van der Waals surface area contributed by atoms with Gasteiger partial charge in [-0.3, -0.25) is 9.59 Å². The van der Waals surface area contributed by atoms with Crippen molar-refractivity contribution in [1.82, 2.24) is 0 Å². The molecule has 40 heavy (non-hydrogen) atoms. The second-order valence-corrected chi connectivity index (χ2v) is 9.67. The molecular formula is C30H22O10. The SMILES string of the molecule is O=C1CC(c2ccc(O)cc2)Oc2c1c(O)cc(O)c2[C@H]1C(=O)c2c(O)cc(O)cc2OC1c1ccc(O)cc1. The number of ketones is 2. The topological polar surface area (TPSA) is 174 Å². The van der Waals surface area contributed by atoms with Crippen molar-refractivity contribution in [2.75, 3.05) is 0 Å². The zero-order valence-electron chi connectivity index (χ0n) is 20.6. The second kappa shape index (κ2) is 9.12. The summed E-state index contributed by atoms with van der Waals surface area (Å²) in [5, 5.41) is 61.9. The number of Topliss-reactive ketones (excluding diaryl/α,β-unsaturated/α-hetero) is 2. The number of hydrogen-bond donors (Lipinski definition) is 6. The van der Waals surface area contributed by atoms with E-state index in [1.807, 2.05) is 0 Å². The largest absolute Gasteiger partial charge is 0.508 e. The summed E-state index contributed by atoms with van der Waals surface area (Å²) in [6.45, 7) is 0. The van der Waals surface area contributed by atoms with Crippen LogP contribution in [0.2, 0.25) is 0 Å². The standard InChI is InChI=1S/C30H22O10/c31-15-5-1-13(2-6-15)22-12-21(37)24-19(35)11-20(36)26(30(24)39-22)27-28(38)25-18(34)9-17(33)10-23(25)40-29(27)14-3-7-16(32)8-4-14/h1-11,22,27,29,31-36H,12H2/t22?,27-,29?/m0/s1. The van der Waals surface area contributed by atoms with E-state index in [-0.39, 0.29) is 51.9 Å². The lowest BCUT2D eigenvalue weighted by Crippen LogP contribution is -2.32. The molecule has 0 amide bonds. The maximum Gasteiger partial charge on any atom is 0.182 e. The van der Waals surface area contributed by atoms with Crippen LogP contribution in [0.15, 0.2) is 66.7 Å². The Kier molecular flexibility index (Phi) is 5.69. The summed E-state index contributed by atoms with van der Waals surface area (Å²) in [7, 11) is 0. The highest BCUT2D eigenvalue weighted by molar-refractivity contribution is 6.09. The number of carbonyl (C=O) groups is 2. The fourth-order valence-corrected chi connectivity index (χ4v) is 5.30. The van der Waals surface area contributed by atoms with Crippen molar-refractivity contribution in [3.8, 4) is 46.0 Å². The molecule has 0 radical (unpaired) electrons. The number of carbonyl (C=O) groups excluding carboxylic acids is 2. The first-order valence-corrected chi connectivity index (χ1v) is 12.3. The molecule has 202 valence electrons. The van der Waals surface area contributed by atoms with Crippen molar-refractivity contribution in [3.05, 3.63) is 94.5 Å². The summed E-state index contributed by atoms with van der Waals surface area (Å²) in [6.07, 6.45) is -2.20. The van der Waals surface area contributed by atoms with Gasteiger partial charge in [-0.2, -0.15) is 0 Å². The van der Waals surface area contributed by atoms with Crippen molar-refractivity contribution in [2.24, 2.45) is 0 Å². The third-order valence-corrected chi connectivity index (χ3v) is 7.14. The van der Waals surface area contributed by atoms with Crippen LogP contribution in [0.3, 0.4) is 0 Å². The molecule has 10 nitrogen and oxygen atoms in total. The fraction of sp³-hybridized carbons (Fsp3) is 0.133. The Hall–Kier alpha value is -5.38. The molecule has 2 aliphatic rings. The molecule has 0 aromatic heterocycles. The molecule has 0 saturated heterocycles. The molecule has 0 fully saturated rings. The Morgan fingerprint density at radius 3 is 1.88 bits per heavy atom. The third kappa shape index (κ3) is 3.97. The lowest BCUT2D eigenvalue weighted by molar-refractivity contribution is 0.0739. The molecule has 0 saturated carbocycles. The van der Waals surface area contributed by atoms with Gasteiger partial charge in [-0.05, 0) is 35.4 Å². The predicted octanol–water partition coefficient (Wildman–Crippen LogP) is 4.73. The molecule has 6 rings (SSSR count). The molecule has 2 unspecified atom stereocenters. The lowest BCUT2D eigenvalue weighted by Gasteiger charge is -2.36. The van der Waals surface area contributed by atoms with Crippen molar-refractivity contribution in [3.63, 3.8) is 0 Å². The maximum atomic E-state index is 14.1. The van der Waals surface area contributed by atoms with E-state index in [0.29, 0.717) is 11.1 Å². The van der Waals surface area contributed by atoms with E-state index in [1.165, 1.54) is 42.5 Å². The van der Waals surface area contributed by atoms with Crippen LogP contribution in [-0.4, -0.2) is 42.2 Å². The van der Waals surface area contributed by atoms with Crippen LogP contribution in [0.1, 0.15) is 62.0 Å². The highest BCUT2D eigenvalue weighted by Gasteiger charge is 2.46. The number of phenolic OH excluding ortho intramolecular Hbond substituents is 6. The van der Waals surface area contributed by atoms with Crippen molar-refractivity contribution >= 4 is 11.6 Å². The number of hydrogen-bond acceptors (Lipinski definition) is 10. The van der Waals surface area contributed by atoms with E-state index in [9.17, 15) is 40.2 Å². The first-order chi connectivity index (χ1) is 19.1. The minimum absolute atomic E-state index is 0.00784. The van der Waals surface area contributed by atoms with E-state index in [4.69, 9.17) is 9.47 Å². The van der Waals surface area contributed by atoms with Gasteiger partial charge in [0, 0.05) is 18.2 Å². The summed E-state index contributed by atoms with van der Waals surface area (Å²) in [4.78, 5) is 27.4. The second-order valence-electron chi connectivity index (χ2n) is 9.67. The molecule has 0 bridgehead atoms. The summed E-state index contributed by atoms with van der Waals surface area (Å²) < 4.78 is 12.3. The zero-order chi connectivity index (χ0) is 28.3. The fourth-order valence-electron chi connectivity index (χ4n) is 5.30. The lowest BCUT2D eigenvalue weighted by atomic mass is 9.78. The van der Waals surface area contributed by atoms with Crippen LogP contribution in [0.5, 0.6) is 46.0 Å². The van der Waals surface area contributed by atoms with E-state index in [0.717, 1.165) is 12.1 Å². The first kappa shape index (κ1) is 24.9. The number of phenols is 6. The number of ether oxygens (including phenoxy) is 2. The van der Waals surface area contributed by atoms with Gasteiger partial charge in [0.05, 0.1) is 17.9 Å². The Labute approximate surface area is 226 Å². The van der Waals surface area contributed by atoms with E-state index in [2.05, 4.69) is 0 Å². The minimum atomic E-state index is -1.40. The summed E-state index contributed by atoms with van der Waals surface area (Å²) in [6, 6.07) is 14.8. The Morgan fingerprint density at radius 2 is 1.23 bits per heavy atom. The molecule has 2 heterocycles. The van der Waals surface area contributed by atoms with Gasteiger partial charge in [0.25, 0.3) is 0 Å². The van der Waals surface area contributed by atoms with Gasteiger partial charge in [-0.15, -0.1) is 0 Å². The van der Waals surface area contributed by atoms with Crippen LogP contribution >= 0.6 is 0 Å². The number of aromatic hydroxyl groups is 6. The molecule has 4 aromatic rings. The number of rotatable bonds is 3. The quantitative estimate of drug-likeness (QED) is 0.212. The normalized spacial score (nSPS) is 19.8. The summed E-state index contributed by atoms with van der Waals surface area (Å²) in [5.74, 6) is -4.97. The van der Waals surface area contributed by atoms with Crippen molar-refractivity contribution in [1.29, 1.82) is 0 Å². The van der Waals surface area contributed by atoms with Crippen molar-refractivity contribution in [2.45, 2.75) is 24.5 Å². The van der Waals surface area contributed by atoms with Crippen LogP contribution in [-0.2, 0) is 0 Å². The smallest absolute Gasteiger partial charge is 0.182 e. The maximum absolute atomic E-state index is 14.1. The third-order valence-electron chi connectivity index (χ3n) is 7.14. The Balaban J connectivity index is 1.57. The molecule has 10 heteroatoms. The highest BCUT2D eigenvalue weighted by atomic mass is 16.5. The molecule has 3 atom stereocenters. The molecule has 2 aliphatic heterocycles. The average molecular weight is 542 g/mol. The van der Waals surface area contributed by atoms with Gasteiger partial charge >= 0.3 is 0 Å². The zero-order valence-corrected chi connectivity index (χ0v) is 20.6.